The first-order valence-electron chi connectivity index (χ1n) is 12.3. The van der Waals surface area contributed by atoms with Crippen LogP contribution in [0.1, 0.15) is 38.0 Å². The molecule has 1 unspecified atom stereocenters. The van der Waals surface area contributed by atoms with Crippen molar-refractivity contribution >= 4 is 52.0 Å². The van der Waals surface area contributed by atoms with Crippen molar-refractivity contribution in [3.05, 3.63) is 131 Å². The fourth-order valence-corrected chi connectivity index (χ4v) is 6.23. The van der Waals surface area contributed by atoms with Crippen LogP contribution in [0, 0.1) is 15.9 Å². The number of rotatable bonds is 7. The highest BCUT2D eigenvalue weighted by atomic mass is 35.5. The molecule has 2 heterocycles. The van der Waals surface area contributed by atoms with Crippen molar-refractivity contribution in [1.29, 1.82) is 0 Å². The van der Waals surface area contributed by atoms with Crippen LogP contribution in [0.15, 0.2) is 78.2 Å². The Morgan fingerprint density at radius 1 is 1.02 bits per heavy atom. The van der Waals surface area contributed by atoms with Crippen molar-refractivity contribution in [2.45, 2.75) is 19.0 Å². The summed E-state index contributed by atoms with van der Waals surface area (Å²) < 4.78 is 13.5. The largest absolute Gasteiger partial charge is 0.330 e. The number of halogens is 3. The molecule has 1 atom stereocenters. The number of hydrogen-bond acceptors (Lipinski definition) is 5. The maximum absolute atomic E-state index is 13.9. The summed E-state index contributed by atoms with van der Waals surface area (Å²) >= 11 is 14.4. The van der Waals surface area contributed by atoms with Crippen molar-refractivity contribution in [2.24, 2.45) is 0 Å². The van der Waals surface area contributed by atoms with Gasteiger partial charge in [-0.25, -0.2) is 4.39 Å². The number of benzene rings is 3. The topological polar surface area (TPSA) is 83.8 Å². The van der Waals surface area contributed by atoms with Crippen molar-refractivity contribution < 1.29 is 18.9 Å². The van der Waals surface area contributed by atoms with E-state index in [0.29, 0.717) is 28.6 Å². The number of thiophene rings is 1. The van der Waals surface area contributed by atoms with Crippen molar-refractivity contribution in [3.63, 3.8) is 0 Å². The SMILES string of the molecule is O=C(c1ccc([N+](=O)[O-])cc1)N(CC(=O)N1CCc2sccc2C1c1ccc(Cl)cc1Cl)Cc1ccc(F)cc1. The van der Waals surface area contributed by atoms with Gasteiger partial charge in [-0.3, -0.25) is 19.7 Å². The van der Waals surface area contributed by atoms with E-state index in [9.17, 15) is 24.1 Å². The molecule has 0 saturated carbocycles. The van der Waals surface area contributed by atoms with Crippen LogP contribution in [0.5, 0.6) is 0 Å². The van der Waals surface area contributed by atoms with Crippen LogP contribution in [0.3, 0.4) is 0 Å². The van der Waals surface area contributed by atoms with Gasteiger partial charge < -0.3 is 9.80 Å². The Kier molecular flexibility index (Phi) is 8.16. The van der Waals surface area contributed by atoms with E-state index < -0.39 is 22.7 Å². The second-order valence-corrected chi connectivity index (χ2v) is 11.1. The van der Waals surface area contributed by atoms with Crippen molar-refractivity contribution in [2.75, 3.05) is 13.1 Å². The van der Waals surface area contributed by atoms with E-state index >= 15 is 0 Å². The molecular weight excluding hydrogens is 576 g/mol. The zero-order chi connectivity index (χ0) is 28.4. The minimum Gasteiger partial charge on any atom is -0.330 e. The molecule has 0 N–H and O–H groups in total. The first-order chi connectivity index (χ1) is 19.2. The number of non-ortho nitro benzene ring substituents is 1. The van der Waals surface area contributed by atoms with Crippen LogP contribution in [-0.2, 0) is 17.8 Å². The number of nitro groups is 1. The second-order valence-electron chi connectivity index (χ2n) is 9.30. The third kappa shape index (κ3) is 5.86. The Morgan fingerprint density at radius 3 is 2.42 bits per heavy atom. The van der Waals surface area contributed by atoms with Gasteiger partial charge in [-0.05, 0) is 71.0 Å². The lowest BCUT2D eigenvalue weighted by Gasteiger charge is -2.38. The monoisotopic (exact) mass is 597 g/mol. The number of hydrogen-bond donors (Lipinski definition) is 0. The van der Waals surface area contributed by atoms with Crippen LogP contribution in [-0.4, -0.2) is 39.6 Å². The number of nitro benzene ring substituents is 1. The average Bonchev–Trinajstić information content (AvgIpc) is 3.42. The molecule has 0 radical (unpaired) electrons. The fourth-order valence-electron chi connectivity index (χ4n) is 4.82. The van der Waals surface area contributed by atoms with Gasteiger partial charge in [0.2, 0.25) is 5.91 Å². The van der Waals surface area contributed by atoms with E-state index in [1.807, 2.05) is 11.4 Å². The first kappa shape index (κ1) is 27.8. The molecule has 2 amide bonds. The Labute approximate surface area is 243 Å². The van der Waals surface area contributed by atoms with E-state index in [-0.39, 0.29) is 30.2 Å². The van der Waals surface area contributed by atoms with Gasteiger partial charge in [-0.15, -0.1) is 11.3 Å². The molecule has 4 aromatic rings. The van der Waals surface area contributed by atoms with Crippen LogP contribution < -0.4 is 0 Å². The van der Waals surface area contributed by atoms with Crippen LogP contribution in [0.2, 0.25) is 10.0 Å². The highest BCUT2D eigenvalue weighted by Crippen LogP contribution is 2.41. The van der Waals surface area contributed by atoms with Gasteiger partial charge in [0.25, 0.3) is 11.6 Å². The molecule has 11 heteroatoms. The van der Waals surface area contributed by atoms with Crippen molar-refractivity contribution in [1.82, 2.24) is 9.80 Å². The molecule has 0 aliphatic carbocycles. The van der Waals surface area contributed by atoms with Crippen LogP contribution in [0.25, 0.3) is 0 Å². The Hall–Kier alpha value is -3.79. The summed E-state index contributed by atoms with van der Waals surface area (Å²) in [6, 6.07) is 17.6. The molecular formula is C29H22Cl2FN3O4S. The standard InChI is InChI=1S/C29H22Cl2FN3O4S/c30-20-5-10-23(25(31)15-20)28-24-12-14-40-26(24)11-13-34(28)27(36)17-33(16-18-1-6-21(32)7-2-18)29(37)19-3-8-22(9-4-19)35(38)39/h1-10,12,14-15,28H,11,13,16-17H2. The average molecular weight is 598 g/mol. The molecule has 204 valence electrons. The number of fused-ring (bicyclic) bond motifs is 1. The summed E-state index contributed by atoms with van der Waals surface area (Å²) in [7, 11) is 0. The molecule has 7 nitrogen and oxygen atoms in total. The molecule has 0 bridgehead atoms. The maximum Gasteiger partial charge on any atom is 0.269 e. The number of amides is 2. The van der Waals surface area contributed by atoms with E-state index in [0.717, 1.165) is 16.0 Å². The molecule has 3 aromatic carbocycles. The lowest BCUT2D eigenvalue weighted by molar-refractivity contribution is -0.384. The molecule has 1 aliphatic heterocycles. The zero-order valence-electron chi connectivity index (χ0n) is 20.9. The van der Waals surface area contributed by atoms with Gasteiger partial charge in [0.05, 0.1) is 11.0 Å². The summed E-state index contributed by atoms with van der Waals surface area (Å²) in [5.41, 5.74) is 2.36. The molecule has 1 aliphatic rings. The van der Waals surface area contributed by atoms with Crippen LogP contribution >= 0.6 is 34.5 Å². The van der Waals surface area contributed by atoms with Gasteiger partial charge in [0, 0.05) is 45.7 Å². The lowest BCUT2D eigenvalue weighted by Crippen LogP contribution is -2.46. The van der Waals surface area contributed by atoms with E-state index in [2.05, 4.69) is 0 Å². The lowest BCUT2D eigenvalue weighted by atomic mass is 9.93. The molecule has 1 aromatic heterocycles. The number of nitrogens with zero attached hydrogens (tertiary/aromatic N) is 3. The predicted molar refractivity (Wildman–Crippen MR) is 152 cm³/mol. The maximum atomic E-state index is 13.9. The molecule has 0 spiro atoms. The summed E-state index contributed by atoms with van der Waals surface area (Å²) in [4.78, 5) is 42.3. The van der Waals surface area contributed by atoms with Gasteiger partial charge in [-0.2, -0.15) is 0 Å². The Morgan fingerprint density at radius 2 is 1.75 bits per heavy atom. The number of carbonyl (C=O) groups is 2. The highest BCUT2D eigenvalue weighted by molar-refractivity contribution is 7.10. The molecule has 40 heavy (non-hydrogen) atoms. The fraction of sp³-hybridized carbons (Fsp3) is 0.172. The summed E-state index contributed by atoms with van der Waals surface area (Å²) in [5, 5.41) is 14.0. The Bertz CT molecular complexity index is 1580. The normalized spacial score (nSPS) is 14.5. The van der Waals surface area contributed by atoms with E-state index in [4.69, 9.17) is 23.2 Å². The predicted octanol–water partition coefficient (Wildman–Crippen LogP) is 6.92. The molecule has 0 saturated heterocycles. The van der Waals surface area contributed by atoms with Gasteiger partial charge >= 0.3 is 0 Å². The van der Waals surface area contributed by atoms with E-state index in [1.54, 1.807) is 46.6 Å². The van der Waals surface area contributed by atoms with Gasteiger partial charge in [-0.1, -0.05) is 41.4 Å². The number of carbonyl (C=O) groups excluding carboxylic acids is 2. The van der Waals surface area contributed by atoms with Crippen LogP contribution in [0.4, 0.5) is 10.1 Å². The zero-order valence-corrected chi connectivity index (χ0v) is 23.3. The smallest absolute Gasteiger partial charge is 0.269 e. The molecule has 0 fully saturated rings. The summed E-state index contributed by atoms with van der Waals surface area (Å²) in [6.07, 6.45) is 0.661. The van der Waals surface area contributed by atoms with Crippen molar-refractivity contribution in [3.8, 4) is 0 Å². The minimum atomic E-state index is -0.550. The third-order valence-corrected chi connectivity index (χ3v) is 8.33. The third-order valence-electron chi connectivity index (χ3n) is 6.77. The summed E-state index contributed by atoms with van der Waals surface area (Å²) in [5.74, 6) is -1.21. The van der Waals surface area contributed by atoms with Gasteiger partial charge in [0.15, 0.2) is 0 Å². The second kappa shape index (κ2) is 11.8. The highest BCUT2D eigenvalue weighted by Gasteiger charge is 2.35. The first-order valence-corrected chi connectivity index (χ1v) is 13.9. The van der Waals surface area contributed by atoms with E-state index in [1.165, 1.54) is 41.3 Å². The van der Waals surface area contributed by atoms with Gasteiger partial charge in [0.1, 0.15) is 12.4 Å². The summed E-state index contributed by atoms with van der Waals surface area (Å²) in [6.45, 7) is 0.187. The Balaban J connectivity index is 1.47. The minimum absolute atomic E-state index is 0.0335. The molecule has 5 rings (SSSR count). The quantitative estimate of drug-likeness (QED) is 0.171.